The summed E-state index contributed by atoms with van der Waals surface area (Å²) in [7, 11) is 1.67. The van der Waals surface area contributed by atoms with Crippen LogP contribution in [0, 0.1) is 0 Å². The molecule has 1 saturated heterocycles. The number of aromatic nitrogens is 2. The Hall–Kier alpha value is -4.41. The molecule has 3 heterocycles. The highest BCUT2D eigenvalue weighted by atomic mass is 16.7. The first-order chi connectivity index (χ1) is 21.3. The summed E-state index contributed by atoms with van der Waals surface area (Å²) < 4.78 is 20.4. The van der Waals surface area contributed by atoms with E-state index in [1.807, 2.05) is 13.0 Å². The summed E-state index contributed by atoms with van der Waals surface area (Å²) in [6.45, 7) is 7.61. The molecule has 0 spiro atoms. The number of methoxy groups -OCH3 is 1. The highest BCUT2D eigenvalue weighted by Gasteiger charge is 2.41. The first-order valence-corrected chi connectivity index (χ1v) is 14.9. The smallest absolute Gasteiger partial charge is 0.335 e. The van der Waals surface area contributed by atoms with Gasteiger partial charge in [0.25, 0.3) is 12.3 Å². The van der Waals surface area contributed by atoms with Crippen LogP contribution in [0.2, 0.25) is 0 Å². The molecule has 1 unspecified atom stereocenters. The molecule has 2 N–H and O–H groups in total. The maximum atomic E-state index is 11.6. The lowest BCUT2D eigenvalue weighted by Crippen LogP contribution is -2.34. The van der Waals surface area contributed by atoms with Gasteiger partial charge in [-0.2, -0.15) is 0 Å². The largest absolute Gasteiger partial charge is 0.483 e. The van der Waals surface area contributed by atoms with Crippen molar-refractivity contribution in [3.63, 3.8) is 0 Å². The number of aryl methyl sites for hydroxylation is 1. The van der Waals surface area contributed by atoms with Crippen molar-refractivity contribution in [2.24, 2.45) is 0 Å². The third-order valence-corrected chi connectivity index (χ3v) is 8.48. The summed E-state index contributed by atoms with van der Waals surface area (Å²) in [5.74, 6) is 1.20. The van der Waals surface area contributed by atoms with E-state index < -0.39 is 11.8 Å². The van der Waals surface area contributed by atoms with E-state index in [-0.39, 0.29) is 12.0 Å². The van der Waals surface area contributed by atoms with Gasteiger partial charge in [0.2, 0.25) is 0 Å². The van der Waals surface area contributed by atoms with Gasteiger partial charge in [0.1, 0.15) is 5.82 Å². The fraction of sp³-hybridized carbons (Fsp3) is 0.382. The number of aromatic carboxylic acids is 1. The van der Waals surface area contributed by atoms with Crippen LogP contribution in [0.1, 0.15) is 65.5 Å². The third-order valence-electron chi connectivity index (χ3n) is 8.48. The van der Waals surface area contributed by atoms with Crippen LogP contribution in [0.3, 0.4) is 0 Å². The Bertz CT molecular complexity index is 1610. The molecule has 6 rings (SSSR count). The van der Waals surface area contributed by atoms with Gasteiger partial charge in [-0.1, -0.05) is 43.3 Å². The van der Waals surface area contributed by atoms with Crippen molar-refractivity contribution in [2.75, 3.05) is 26.8 Å². The molecule has 0 aliphatic carbocycles. The van der Waals surface area contributed by atoms with E-state index >= 15 is 0 Å². The first kappa shape index (κ1) is 31.0. The highest BCUT2D eigenvalue weighted by Crippen LogP contribution is 2.49. The summed E-state index contributed by atoms with van der Waals surface area (Å²) in [4.78, 5) is 27.2. The van der Waals surface area contributed by atoms with E-state index in [4.69, 9.17) is 29.1 Å². The molecule has 44 heavy (non-hydrogen) atoms. The molecule has 1 aromatic heterocycles. The molecule has 3 aromatic carbocycles. The average molecular weight is 602 g/mol. The molecule has 2 aliphatic heterocycles. The number of hydrogen-bond acceptors (Lipinski definition) is 7. The van der Waals surface area contributed by atoms with Gasteiger partial charge in [-0.25, -0.2) is 9.78 Å². The van der Waals surface area contributed by atoms with Gasteiger partial charge in [0.15, 0.2) is 11.5 Å². The summed E-state index contributed by atoms with van der Waals surface area (Å²) in [5, 5.41) is 16.4. The second-order valence-corrected chi connectivity index (χ2v) is 11.2. The molecule has 0 radical (unpaired) electrons. The van der Waals surface area contributed by atoms with E-state index in [1.165, 1.54) is 11.1 Å². The molecule has 0 bridgehead atoms. The number of imidazole rings is 1. The zero-order valence-electron chi connectivity index (χ0n) is 25.4. The Morgan fingerprint density at radius 2 is 1.84 bits per heavy atom. The van der Waals surface area contributed by atoms with Gasteiger partial charge >= 0.3 is 5.97 Å². The first-order valence-electron chi connectivity index (χ1n) is 14.9. The number of carbonyl (C=O) groups is 2. The summed E-state index contributed by atoms with van der Waals surface area (Å²) in [6.07, 6.45) is 3.01. The van der Waals surface area contributed by atoms with E-state index in [0.717, 1.165) is 66.3 Å². The summed E-state index contributed by atoms with van der Waals surface area (Å²) >= 11 is 0. The lowest BCUT2D eigenvalue weighted by Gasteiger charge is -2.32. The monoisotopic (exact) mass is 601 g/mol. The Balaban J connectivity index is 0.00000123. The number of benzene rings is 3. The topological polar surface area (TPSA) is 123 Å². The number of para-hydroxylation sites is 1. The molecule has 4 aromatic rings. The van der Waals surface area contributed by atoms with Gasteiger partial charge < -0.3 is 29.0 Å². The fourth-order valence-electron chi connectivity index (χ4n) is 6.09. The van der Waals surface area contributed by atoms with Crippen LogP contribution in [0.25, 0.3) is 11.0 Å². The molecule has 1 atom stereocenters. The molecule has 0 amide bonds. The average Bonchev–Trinajstić information content (AvgIpc) is 3.57. The van der Waals surface area contributed by atoms with Gasteiger partial charge in [-0.3, -0.25) is 9.69 Å². The predicted molar refractivity (Wildman–Crippen MR) is 165 cm³/mol. The quantitative estimate of drug-likeness (QED) is 0.234. The second-order valence-electron chi connectivity index (χ2n) is 11.2. The van der Waals surface area contributed by atoms with E-state index in [1.54, 1.807) is 25.3 Å². The number of piperidine rings is 1. The molecule has 0 saturated carbocycles. The zero-order chi connectivity index (χ0) is 31.3. The Morgan fingerprint density at radius 3 is 2.50 bits per heavy atom. The van der Waals surface area contributed by atoms with Gasteiger partial charge in [-0.15, -0.1) is 0 Å². The number of nitrogens with zero attached hydrogens (tertiary/aromatic N) is 3. The van der Waals surface area contributed by atoms with Crippen molar-refractivity contribution < 1.29 is 34.0 Å². The number of fused-ring (bicyclic) bond motifs is 2. The Labute approximate surface area is 256 Å². The SMILES string of the molecule is CCc1ccc(C2(C)Oc3cccc(C4CCN(Cc5nc6ccc(C(=O)O)cc6n5CCOC)CC4)c3O2)cc1.O=CO. The standard InChI is InChI=1S/C33H37N3O5.CH2O2/c1-4-22-8-11-25(12-9-22)33(2)40-29-7-5-6-26(31(29)41-33)23-14-16-35(17-15-23)21-30-34-27-13-10-24(32(37)38)20-28(27)36(30)18-19-39-3;2-1-3/h5-13,20,23H,4,14-19,21H2,1-3H3,(H,37,38);1H,(H,2,3). The van der Waals surface area contributed by atoms with Crippen LogP contribution < -0.4 is 9.47 Å². The van der Waals surface area contributed by atoms with Gasteiger partial charge in [0.05, 0.1) is 29.7 Å². The minimum absolute atomic E-state index is 0.250. The van der Waals surface area contributed by atoms with E-state index in [9.17, 15) is 9.90 Å². The highest BCUT2D eigenvalue weighted by molar-refractivity contribution is 5.92. The number of carboxylic acids is 1. The summed E-state index contributed by atoms with van der Waals surface area (Å²) in [6, 6.07) is 19.8. The molecule has 232 valence electrons. The molecule has 10 nitrogen and oxygen atoms in total. The number of ether oxygens (including phenoxy) is 3. The predicted octanol–water partition coefficient (Wildman–Crippen LogP) is 5.67. The molecule has 1 fully saturated rings. The van der Waals surface area contributed by atoms with E-state index in [2.05, 4.69) is 52.8 Å². The summed E-state index contributed by atoms with van der Waals surface area (Å²) in [5.41, 5.74) is 5.42. The number of likely N-dealkylation sites (tertiary alicyclic amines) is 1. The molecule has 2 aliphatic rings. The Kier molecular flexibility index (Phi) is 9.51. The van der Waals surface area contributed by atoms with Crippen molar-refractivity contribution in [3.05, 3.63) is 88.7 Å². The lowest BCUT2D eigenvalue weighted by molar-refractivity contribution is -0.122. The molecular weight excluding hydrogens is 562 g/mol. The van der Waals surface area contributed by atoms with Crippen LogP contribution in [0.15, 0.2) is 60.7 Å². The fourth-order valence-corrected chi connectivity index (χ4v) is 6.09. The maximum absolute atomic E-state index is 11.6. The van der Waals surface area contributed by atoms with Crippen molar-refractivity contribution in [1.29, 1.82) is 0 Å². The lowest BCUT2D eigenvalue weighted by atomic mass is 9.88. The van der Waals surface area contributed by atoms with Crippen LogP contribution in [-0.2, 0) is 34.8 Å². The van der Waals surface area contributed by atoms with Gasteiger partial charge in [-0.05, 0) is 68.1 Å². The number of hydrogen-bond donors (Lipinski definition) is 2. The Morgan fingerprint density at radius 1 is 1.11 bits per heavy atom. The van der Waals surface area contributed by atoms with Crippen molar-refractivity contribution in [2.45, 2.75) is 57.9 Å². The third kappa shape index (κ3) is 6.41. The van der Waals surface area contributed by atoms with Crippen molar-refractivity contribution in [3.8, 4) is 11.5 Å². The van der Waals surface area contributed by atoms with Crippen molar-refractivity contribution >= 4 is 23.5 Å². The van der Waals surface area contributed by atoms with Crippen LogP contribution in [0.4, 0.5) is 0 Å². The van der Waals surface area contributed by atoms with E-state index in [0.29, 0.717) is 25.6 Å². The van der Waals surface area contributed by atoms with Crippen molar-refractivity contribution in [1.82, 2.24) is 14.5 Å². The van der Waals surface area contributed by atoms with Gasteiger partial charge in [0, 0.05) is 31.7 Å². The normalized spacial score (nSPS) is 18.2. The minimum atomic E-state index is -0.938. The van der Waals surface area contributed by atoms with Crippen LogP contribution in [-0.4, -0.2) is 63.9 Å². The number of rotatable bonds is 9. The minimum Gasteiger partial charge on any atom is -0.483 e. The second kappa shape index (κ2) is 13.5. The van der Waals surface area contributed by atoms with Crippen LogP contribution >= 0.6 is 0 Å². The van der Waals surface area contributed by atoms with Crippen LogP contribution in [0.5, 0.6) is 11.5 Å². The molecular formula is C34H39N3O7. The maximum Gasteiger partial charge on any atom is 0.335 e. The molecule has 10 heteroatoms. The zero-order valence-corrected chi connectivity index (χ0v) is 25.4. The number of carboxylic acid groups (broad SMARTS) is 2.